The Labute approximate surface area is 133 Å². The molecule has 0 aromatic rings. The molecule has 1 saturated heterocycles. The van der Waals surface area contributed by atoms with E-state index in [1.165, 1.54) is 25.7 Å². The molecule has 4 nitrogen and oxygen atoms in total. The first-order valence-electron chi connectivity index (χ1n) is 9.29. The van der Waals surface area contributed by atoms with Crippen LogP contribution in [0.4, 0.5) is 0 Å². The minimum absolute atomic E-state index is 0.238. The molecule has 22 heavy (non-hydrogen) atoms. The molecular formula is C18H30N2O2. The van der Waals surface area contributed by atoms with Gasteiger partial charge in [0.15, 0.2) is 0 Å². The van der Waals surface area contributed by atoms with Gasteiger partial charge in [0.05, 0.1) is 0 Å². The van der Waals surface area contributed by atoms with Crippen molar-refractivity contribution in [3.8, 4) is 0 Å². The number of fused-ring (bicyclic) bond motifs is 1. The Morgan fingerprint density at radius 1 is 1.05 bits per heavy atom. The maximum Gasteiger partial charge on any atom is 0.223 e. The summed E-state index contributed by atoms with van der Waals surface area (Å²) in [7, 11) is 0. The van der Waals surface area contributed by atoms with Crippen molar-refractivity contribution in [1.29, 1.82) is 0 Å². The molecule has 4 unspecified atom stereocenters. The highest BCUT2D eigenvalue weighted by molar-refractivity contribution is 5.79. The lowest BCUT2D eigenvalue weighted by atomic mass is 9.68. The molecule has 3 N–H and O–H groups in total. The Morgan fingerprint density at radius 3 is 2.41 bits per heavy atom. The molecular weight excluding hydrogens is 276 g/mol. The highest BCUT2D eigenvalue weighted by Gasteiger charge is 2.48. The minimum Gasteiger partial charge on any atom is -0.381 e. The molecule has 4 aliphatic rings. The third-order valence-electron chi connectivity index (χ3n) is 7.19. The second kappa shape index (κ2) is 5.79. The summed E-state index contributed by atoms with van der Waals surface area (Å²) in [5.41, 5.74) is 6.57. The number of ether oxygens (including phenoxy) is 1. The molecule has 0 radical (unpaired) electrons. The largest absolute Gasteiger partial charge is 0.381 e. The summed E-state index contributed by atoms with van der Waals surface area (Å²) >= 11 is 0. The van der Waals surface area contributed by atoms with Crippen LogP contribution in [0.5, 0.6) is 0 Å². The topological polar surface area (TPSA) is 64.4 Å². The highest BCUT2D eigenvalue weighted by Crippen LogP contribution is 2.49. The van der Waals surface area contributed by atoms with E-state index in [-0.39, 0.29) is 5.92 Å². The normalized spacial score (nSPS) is 41.0. The van der Waals surface area contributed by atoms with E-state index in [1.54, 1.807) is 0 Å². The number of carbonyl (C=O) groups is 1. The van der Waals surface area contributed by atoms with Crippen molar-refractivity contribution < 1.29 is 9.53 Å². The monoisotopic (exact) mass is 306 g/mol. The molecule has 0 aromatic carbocycles. The van der Waals surface area contributed by atoms with Gasteiger partial charge in [-0.2, -0.15) is 0 Å². The van der Waals surface area contributed by atoms with Gasteiger partial charge in [0.2, 0.25) is 5.91 Å². The molecule has 1 aliphatic heterocycles. The van der Waals surface area contributed by atoms with Crippen LogP contribution >= 0.6 is 0 Å². The van der Waals surface area contributed by atoms with E-state index in [2.05, 4.69) is 5.32 Å². The van der Waals surface area contributed by atoms with Gasteiger partial charge in [-0.3, -0.25) is 4.79 Å². The average Bonchev–Trinajstić information content (AvgIpc) is 2.88. The Kier molecular flexibility index (Phi) is 3.93. The van der Waals surface area contributed by atoms with Gasteiger partial charge in [-0.25, -0.2) is 0 Å². The van der Waals surface area contributed by atoms with Crippen LogP contribution in [0.1, 0.15) is 57.8 Å². The van der Waals surface area contributed by atoms with Crippen LogP contribution in [0.2, 0.25) is 0 Å². The Balaban J connectivity index is 1.25. The fourth-order valence-electron chi connectivity index (χ4n) is 5.49. The molecule has 0 bridgehead atoms. The third kappa shape index (κ3) is 2.69. The van der Waals surface area contributed by atoms with Crippen molar-refractivity contribution >= 4 is 5.91 Å². The Hall–Kier alpha value is -0.610. The number of rotatable bonds is 2. The van der Waals surface area contributed by atoms with Gasteiger partial charge in [-0.15, -0.1) is 0 Å². The fraction of sp³-hybridized carbons (Fsp3) is 0.944. The Bertz CT molecular complexity index is 423. The van der Waals surface area contributed by atoms with Gasteiger partial charge in [0.1, 0.15) is 0 Å². The summed E-state index contributed by atoms with van der Waals surface area (Å²) in [5, 5.41) is 3.36. The standard InChI is InChI=1S/C18H30N2O2/c19-16-11-12-9-13(10-15(12)16)17(21)20-14-1-3-18(4-2-14)5-7-22-8-6-18/h12-16H,1-11,19H2,(H,20,21). The number of carbonyl (C=O) groups excluding carboxylic acids is 1. The third-order valence-corrected chi connectivity index (χ3v) is 7.19. The lowest BCUT2D eigenvalue weighted by Crippen LogP contribution is -2.44. The van der Waals surface area contributed by atoms with Crippen LogP contribution in [0, 0.1) is 23.2 Å². The van der Waals surface area contributed by atoms with Crippen LogP contribution in [0.15, 0.2) is 0 Å². The van der Waals surface area contributed by atoms with E-state index < -0.39 is 0 Å². The van der Waals surface area contributed by atoms with E-state index in [0.29, 0.717) is 29.3 Å². The minimum atomic E-state index is 0.238. The molecule has 4 heteroatoms. The van der Waals surface area contributed by atoms with Gasteiger partial charge in [-0.1, -0.05) is 0 Å². The molecule has 4 atom stereocenters. The first-order chi connectivity index (χ1) is 10.7. The molecule has 3 saturated carbocycles. The van der Waals surface area contributed by atoms with E-state index in [9.17, 15) is 4.79 Å². The second-order valence-corrected chi connectivity index (χ2v) is 8.39. The molecule has 1 amide bonds. The van der Waals surface area contributed by atoms with Crippen LogP contribution in [-0.4, -0.2) is 31.2 Å². The van der Waals surface area contributed by atoms with Crippen molar-refractivity contribution in [2.45, 2.75) is 69.9 Å². The average molecular weight is 306 g/mol. The predicted octanol–water partition coefficient (Wildman–Crippen LogP) is 2.22. The number of nitrogens with one attached hydrogen (secondary N) is 1. The van der Waals surface area contributed by atoms with Crippen molar-refractivity contribution in [3.05, 3.63) is 0 Å². The lowest BCUT2D eigenvalue weighted by molar-refractivity contribution is -0.126. The van der Waals surface area contributed by atoms with Gasteiger partial charge in [0.25, 0.3) is 0 Å². The summed E-state index contributed by atoms with van der Waals surface area (Å²) in [6.07, 6.45) is 10.5. The first-order valence-corrected chi connectivity index (χ1v) is 9.29. The van der Waals surface area contributed by atoms with Crippen LogP contribution in [0.25, 0.3) is 0 Å². The SMILES string of the molecule is NC1CC2CC(C(=O)NC3CCC4(CCOCC4)CC3)CC12. The predicted molar refractivity (Wildman–Crippen MR) is 85.2 cm³/mol. The van der Waals surface area contributed by atoms with Crippen molar-refractivity contribution in [3.63, 3.8) is 0 Å². The summed E-state index contributed by atoms with van der Waals surface area (Å²) in [5.74, 6) is 1.92. The maximum absolute atomic E-state index is 12.5. The van der Waals surface area contributed by atoms with Crippen LogP contribution in [-0.2, 0) is 9.53 Å². The molecule has 1 spiro atoms. The number of amides is 1. The second-order valence-electron chi connectivity index (χ2n) is 8.39. The fourth-order valence-corrected chi connectivity index (χ4v) is 5.49. The van der Waals surface area contributed by atoms with Crippen LogP contribution in [0.3, 0.4) is 0 Å². The molecule has 3 aliphatic carbocycles. The van der Waals surface area contributed by atoms with Crippen LogP contribution < -0.4 is 11.1 Å². The first kappa shape index (κ1) is 14.9. The van der Waals surface area contributed by atoms with Crippen molar-refractivity contribution in [1.82, 2.24) is 5.32 Å². The Morgan fingerprint density at radius 2 is 1.77 bits per heavy atom. The van der Waals surface area contributed by atoms with Crippen molar-refractivity contribution in [2.24, 2.45) is 28.9 Å². The zero-order valence-electron chi connectivity index (χ0n) is 13.6. The summed E-state index contributed by atoms with van der Waals surface area (Å²) in [6.45, 7) is 1.87. The number of hydrogen-bond donors (Lipinski definition) is 2. The lowest BCUT2D eigenvalue weighted by Gasteiger charge is -2.43. The summed E-state index contributed by atoms with van der Waals surface area (Å²) in [6, 6.07) is 0.777. The van der Waals surface area contributed by atoms with E-state index in [4.69, 9.17) is 10.5 Å². The van der Waals surface area contributed by atoms with E-state index in [0.717, 1.165) is 51.2 Å². The summed E-state index contributed by atoms with van der Waals surface area (Å²) in [4.78, 5) is 12.5. The van der Waals surface area contributed by atoms with Crippen molar-refractivity contribution in [2.75, 3.05) is 13.2 Å². The molecule has 0 aromatic heterocycles. The molecule has 4 rings (SSSR count). The number of hydrogen-bond acceptors (Lipinski definition) is 3. The number of nitrogens with two attached hydrogens (primary N) is 1. The molecule has 1 heterocycles. The van der Waals surface area contributed by atoms with E-state index in [1.807, 2.05) is 0 Å². The smallest absolute Gasteiger partial charge is 0.223 e. The zero-order valence-corrected chi connectivity index (χ0v) is 13.6. The van der Waals surface area contributed by atoms with Gasteiger partial charge in [0, 0.05) is 31.2 Å². The quantitative estimate of drug-likeness (QED) is 0.822. The maximum atomic E-state index is 12.5. The summed E-state index contributed by atoms with van der Waals surface area (Å²) < 4.78 is 5.51. The molecule has 124 valence electrons. The van der Waals surface area contributed by atoms with Gasteiger partial charge < -0.3 is 15.8 Å². The van der Waals surface area contributed by atoms with Gasteiger partial charge in [-0.05, 0) is 75.0 Å². The molecule has 4 fully saturated rings. The zero-order chi connectivity index (χ0) is 15.2. The van der Waals surface area contributed by atoms with Gasteiger partial charge >= 0.3 is 0 Å². The highest BCUT2D eigenvalue weighted by atomic mass is 16.5. The van der Waals surface area contributed by atoms with E-state index >= 15 is 0 Å².